The number of carbonyl (C=O) groups excluding carboxylic acids is 2. The molecular weight excluding hydrogens is 555 g/mol. The Morgan fingerprint density at radius 3 is 2.58 bits per heavy atom. The second-order valence-corrected chi connectivity index (χ2v) is 9.57. The number of rotatable bonds is 6. The summed E-state index contributed by atoms with van der Waals surface area (Å²) in [6.45, 7) is 3.40. The molecule has 2 aromatic heterocycles. The van der Waals surface area contributed by atoms with E-state index in [1.807, 2.05) is 6.07 Å². The van der Waals surface area contributed by atoms with Gasteiger partial charge in [0.15, 0.2) is 5.82 Å². The van der Waals surface area contributed by atoms with Gasteiger partial charge in [0.1, 0.15) is 10.3 Å². The molecule has 0 spiro atoms. The van der Waals surface area contributed by atoms with E-state index in [-0.39, 0.29) is 44.3 Å². The number of hydrogen-bond donors (Lipinski definition) is 2. The Morgan fingerprint density at radius 1 is 1.18 bits per heavy atom. The van der Waals surface area contributed by atoms with Gasteiger partial charge in [0, 0.05) is 22.8 Å². The maximum atomic E-state index is 13.2. The Hall–Kier alpha value is -2.64. The molecule has 2 amide bonds. The minimum atomic E-state index is -0.818. The number of aromatic nitrogens is 3. The van der Waals surface area contributed by atoms with E-state index in [4.69, 9.17) is 40.1 Å². The van der Waals surface area contributed by atoms with Gasteiger partial charge in [-0.3, -0.25) is 9.59 Å². The number of nitrogens with one attached hydrogen (secondary N) is 2. The van der Waals surface area contributed by atoms with Crippen LogP contribution >= 0.6 is 50.7 Å². The minimum absolute atomic E-state index is 0.0351. The maximum Gasteiger partial charge on any atom is 0.274 e. The third-order valence-electron chi connectivity index (χ3n) is 4.36. The molecule has 0 atom stereocenters. The van der Waals surface area contributed by atoms with Crippen LogP contribution in [0.15, 0.2) is 41.1 Å². The number of nitriles is 1. The summed E-state index contributed by atoms with van der Waals surface area (Å²) in [5.41, 5.74) is -0.647. The van der Waals surface area contributed by atoms with Gasteiger partial charge in [0.25, 0.3) is 11.8 Å². The van der Waals surface area contributed by atoms with E-state index < -0.39 is 17.4 Å². The predicted octanol–water partition coefficient (Wildman–Crippen LogP) is 5.66. The molecule has 2 N–H and O–H groups in total. The molecule has 0 saturated carbocycles. The van der Waals surface area contributed by atoms with Crippen molar-refractivity contribution >= 4 is 68.2 Å². The molecule has 0 aliphatic rings. The number of anilines is 1. The molecule has 2 heterocycles. The van der Waals surface area contributed by atoms with E-state index in [1.54, 1.807) is 26.0 Å². The summed E-state index contributed by atoms with van der Waals surface area (Å²) < 4.78 is 1.63. The van der Waals surface area contributed by atoms with Crippen LogP contribution in [0.25, 0.3) is 5.82 Å². The van der Waals surface area contributed by atoms with Crippen LogP contribution in [-0.2, 0) is 0 Å². The standard InChI is InChI=1S/C21H16BrCl3N6O2/c1-21(2,5-6-26)29-19(32)12-8-11(23)9-14(25)17(12)28-20(33)15-10-16(22)30-31(15)18-13(24)4-3-7-27-18/h3-4,7-10H,5H2,1-2H3,(H,28,33)(H,29,32). The molecule has 1 aromatic carbocycles. The molecular formula is C21H16BrCl3N6O2. The molecule has 0 saturated heterocycles. The number of benzene rings is 1. The summed E-state index contributed by atoms with van der Waals surface area (Å²) in [5.74, 6) is -0.935. The first-order valence-electron chi connectivity index (χ1n) is 9.38. The third kappa shape index (κ3) is 5.84. The van der Waals surface area contributed by atoms with Gasteiger partial charge >= 0.3 is 0 Å². The molecule has 0 fully saturated rings. The van der Waals surface area contributed by atoms with Crippen molar-refractivity contribution in [2.24, 2.45) is 0 Å². The Labute approximate surface area is 213 Å². The van der Waals surface area contributed by atoms with Gasteiger partial charge in [-0.15, -0.1) is 0 Å². The molecule has 0 radical (unpaired) electrons. The fraction of sp³-hybridized carbons (Fsp3) is 0.190. The van der Waals surface area contributed by atoms with Crippen LogP contribution in [0.3, 0.4) is 0 Å². The summed E-state index contributed by atoms with van der Waals surface area (Å²) >= 11 is 21.9. The SMILES string of the molecule is CC(C)(CC#N)NC(=O)c1cc(Cl)cc(Cl)c1NC(=O)c1cc(Br)nn1-c1ncccc1Cl. The molecule has 33 heavy (non-hydrogen) atoms. The van der Waals surface area contributed by atoms with Gasteiger partial charge in [-0.2, -0.15) is 10.4 Å². The van der Waals surface area contributed by atoms with Crippen LogP contribution < -0.4 is 10.6 Å². The quantitative estimate of drug-likeness (QED) is 0.397. The van der Waals surface area contributed by atoms with Crippen molar-refractivity contribution in [2.75, 3.05) is 5.32 Å². The second-order valence-electron chi connectivity index (χ2n) is 7.51. The maximum absolute atomic E-state index is 13.2. The van der Waals surface area contributed by atoms with Gasteiger partial charge in [0.2, 0.25) is 0 Å². The van der Waals surface area contributed by atoms with E-state index in [1.165, 1.54) is 29.1 Å². The van der Waals surface area contributed by atoms with E-state index in [2.05, 4.69) is 36.6 Å². The molecule has 170 valence electrons. The molecule has 12 heteroatoms. The van der Waals surface area contributed by atoms with Crippen LogP contribution in [0.1, 0.15) is 41.1 Å². The molecule has 0 bridgehead atoms. The second kappa shape index (κ2) is 10.1. The molecule has 3 rings (SSSR count). The normalized spacial score (nSPS) is 11.1. The van der Waals surface area contributed by atoms with Crippen molar-refractivity contribution in [2.45, 2.75) is 25.8 Å². The van der Waals surface area contributed by atoms with Crippen LogP contribution in [0.4, 0.5) is 5.69 Å². The minimum Gasteiger partial charge on any atom is -0.346 e. The van der Waals surface area contributed by atoms with E-state index in [9.17, 15) is 9.59 Å². The first-order chi connectivity index (χ1) is 15.5. The van der Waals surface area contributed by atoms with Crippen molar-refractivity contribution < 1.29 is 9.59 Å². The van der Waals surface area contributed by atoms with Crippen molar-refractivity contribution in [1.82, 2.24) is 20.1 Å². The van der Waals surface area contributed by atoms with Crippen molar-refractivity contribution in [3.8, 4) is 11.9 Å². The van der Waals surface area contributed by atoms with Crippen LogP contribution in [-0.4, -0.2) is 32.1 Å². The lowest BCUT2D eigenvalue weighted by atomic mass is 10.0. The summed E-state index contributed by atoms with van der Waals surface area (Å²) in [6, 6.07) is 9.53. The van der Waals surface area contributed by atoms with Gasteiger partial charge in [-0.1, -0.05) is 34.8 Å². The highest BCUT2D eigenvalue weighted by Crippen LogP contribution is 2.32. The first kappa shape index (κ1) is 25.0. The lowest BCUT2D eigenvalue weighted by molar-refractivity contribution is 0.0915. The van der Waals surface area contributed by atoms with Gasteiger partial charge in [0.05, 0.1) is 33.8 Å². The third-order valence-corrected chi connectivity index (χ3v) is 5.56. The van der Waals surface area contributed by atoms with Crippen molar-refractivity contribution in [3.05, 3.63) is 67.5 Å². The first-order valence-corrected chi connectivity index (χ1v) is 11.3. The molecule has 0 aliphatic carbocycles. The van der Waals surface area contributed by atoms with Crippen LogP contribution in [0, 0.1) is 11.3 Å². The topological polar surface area (TPSA) is 113 Å². The monoisotopic (exact) mass is 568 g/mol. The smallest absolute Gasteiger partial charge is 0.274 e. The number of hydrogen-bond acceptors (Lipinski definition) is 5. The summed E-state index contributed by atoms with van der Waals surface area (Å²) in [6.07, 6.45) is 1.59. The largest absolute Gasteiger partial charge is 0.346 e. The fourth-order valence-electron chi connectivity index (χ4n) is 2.88. The average Bonchev–Trinajstić information content (AvgIpc) is 3.11. The summed E-state index contributed by atoms with van der Waals surface area (Å²) in [7, 11) is 0. The molecule has 3 aromatic rings. The van der Waals surface area contributed by atoms with E-state index in [0.29, 0.717) is 4.60 Å². The van der Waals surface area contributed by atoms with Crippen LogP contribution in [0.5, 0.6) is 0 Å². The number of nitrogens with zero attached hydrogens (tertiary/aromatic N) is 4. The Kier molecular flexibility index (Phi) is 7.65. The predicted molar refractivity (Wildman–Crippen MR) is 130 cm³/mol. The summed E-state index contributed by atoms with van der Waals surface area (Å²) in [4.78, 5) is 30.4. The number of amides is 2. The lowest BCUT2D eigenvalue weighted by Crippen LogP contribution is -2.43. The number of carbonyl (C=O) groups is 2. The fourth-order valence-corrected chi connectivity index (χ4v) is 4.00. The Morgan fingerprint density at radius 2 is 1.91 bits per heavy atom. The zero-order valence-electron chi connectivity index (χ0n) is 17.3. The van der Waals surface area contributed by atoms with E-state index >= 15 is 0 Å². The Bertz CT molecular complexity index is 1290. The highest BCUT2D eigenvalue weighted by Gasteiger charge is 2.26. The highest BCUT2D eigenvalue weighted by atomic mass is 79.9. The van der Waals surface area contributed by atoms with Crippen molar-refractivity contribution in [1.29, 1.82) is 5.26 Å². The Balaban J connectivity index is 2.00. The zero-order chi connectivity index (χ0) is 24.3. The number of halogens is 4. The van der Waals surface area contributed by atoms with E-state index in [0.717, 1.165) is 0 Å². The molecule has 0 aliphatic heterocycles. The lowest BCUT2D eigenvalue weighted by Gasteiger charge is -2.24. The van der Waals surface area contributed by atoms with Gasteiger partial charge in [-0.05, 0) is 54.0 Å². The average molecular weight is 571 g/mol. The molecule has 8 nitrogen and oxygen atoms in total. The van der Waals surface area contributed by atoms with Crippen molar-refractivity contribution in [3.63, 3.8) is 0 Å². The summed E-state index contributed by atoms with van der Waals surface area (Å²) in [5, 5.41) is 19.2. The van der Waals surface area contributed by atoms with Gasteiger partial charge < -0.3 is 10.6 Å². The molecule has 0 unspecified atom stereocenters. The highest BCUT2D eigenvalue weighted by molar-refractivity contribution is 9.10. The number of pyridine rings is 1. The van der Waals surface area contributed by atoms with Crippen LogP contribution in [0.2, 0.25) is 15.1 Å². The zero-order valence-corrected chi connectivity index (χ0v) is 21.1. The van der Waals surface area contributed by atoms with Gasteiger partial charge in [-0.25, -0.2) is 9.67 Å².